The molecule has 1 spiro atoms. The number of rotatable bonds is 5. The molecule has 2 aliphatic rings. The number of methoxy groups -OCH3 is 1. The molecule has 2 aromatic rings. The van der Waals surface area contributed by atoms with Crippen molar-refractivity contribution in [2.75, 3.05) is 24.3 Å². The molecule has 0 bridgehead atoms. The van der Waals surface area contributed by atoms with Crippen molar-refractivity contribution in [1.82, 2.24) is 4.90 Å². The fraction of sp³-hybridized carbons (Fsp3) is 0.391. The molecule has 0 saturated carbocycles. The monoisotopic (exact) mass is 428 g/mol. The van der Waals surface area contributed by atoms with E-state index in [0.717, 1.165) is 5.56 Å². The zero-order valence-electron chi connectivity index (χ0n) is 17.4. The van der Waals surface area contributed by atoms with Crippen molar-refractivity contribution in [3.05, 3.63) is 59.4 Å². The van der Waals surface area contributed by atoms with Gasteiger partial charge in [0.05, 0.1) is 19.3 Å². The molecule has 2 heterocycles. The summed E-state index contributed by atoms with van der Waals surface area (Å²) in [6.45, 7) is 4.60. The number of hydrogen-bond donors (Lipinski definition) is 0. The molecule has 5 nitrogen and oxygen atoms in total. The van der Waals surface area contributed by atoms with E-state index in [1.54, 1.807) is 41.2 Å². The van der Waals surface area contributed by atoms with Crippen LogP contribution >= 0.6 is 11.8 Å². The normalized spacial score (nSPS) is 20.4. The molecule has 2 aliphatic heterocycles. The average Bonchev–Trinajstić information content (AvgIpc) is 3.26. The van der Waals surface area contributed by atoms with Crippen LogP contribution in [-0.2, 0) is 21.0 Å². The summed E-state index contributed by atoms with van der Waals surface area (Å²) < 4.78 is 19.8. The number of carbonyl (C=O) groups is 2. The second-order valence-corrected chi connectivity index (χ2v) is 9.29. The highest BCUT2D eigenvalue weighted by molar-refractivity contribution is 8.01. The lowest BCUT2D eigenvalue weighted by atomic mass is 10.0. The SMILES string of the molecule is COc1ccc2c(c1)C1(SCCN1C(=O)CC(C)C)C(=O)N2Cc1ccccc1F. The minimum atomic E-state index is -1.12. The van der Waals surface area contributed by atoms with Crippen molar-refractivity contribution >= 4 is 29.3 Å². The van der Waals surface area contributed by atoms with Gasteiger partial charge in [0, 0.05) is 29.8 Å². The molecule has 1 atom stereocenters. The summed E-state index contributed by atoms with van der Waals surface area (Å²) in [6.07, 6.45) is 0.377. The maximum atomic E-state index is 14.4. The van der Waals surface area contributed by atoms with Crippen molar-refractivity contribution in [2.45, 2.75) is 31.7 Å². The van der Waals surface area contributed by atoms with E-state index >= 15 is 0 Å². The van der Waals surface area contributed by atoms with Crippen molar-refractivity contribution in [2.24, 2.45) is 5.92 Å². The van der Waals surface area contributed by atoms with Gasteiger partial charge in [0.15, 0.2) is 4.87 Å². The number of hydrogen-bond acceptors (Lipinski definition) is 4. The van der Waals surface area contributed by atoms with E-state index in [2.05, 4.69) is 0 Å². The van der Waals surface area contributed by atoms with Crippen LogP contribution in [0.25, 0.3) is 0 Å². The highest BCUT2D eigenvalue weighted by Crippen LogP contribution is 2.55. The summed E-state index contributed by atoms with van der Waals surface area (Å²) in [5.74, 6) is 0.889. The first-order valence-electron chi connectivity index (χ1n) is 10.1. The Morgan fingerprint density at radius 1 is 1.27 bits per heavy atom. The number of ether oxygens (including phenoxy) is 1. The second-order valence-electron chi connectivity index (χ2n) is 8.00. The summed E-state index contributed by atoms with van der Waals surface area (Å²) in [5, 5.41) is 0. The van der Waals surface area contributed by atoms with E-state index < -0.39 is 4.87 Å². The van der Waals surface area contributed by atoms with Crippen molar-refractivity contribution in [3.63, 3.8) is 0 Å². The molecule has 2 amide bonds. The Morgan fingerprint density at radius 3 is 2.73 bits per heavy atom. The van der Waals surface area contributed by atoms with Crippen molar-refractivity contribution in [1.29, 1.82) is 0 Å². The molecule has 2 aromatic carbocycles. The third-order valence-electron chi connectivity index (χ3n) is 5.57. The Morgan fingerprint density at radius 2 is 2.03 bits per heavy atom. The maximum Gasteiger partial charge on any atom is 0.268 e. The number of nitrogens with zero attached hydrogens (tertiary/aromatic N) is 2. The van der Waals surface area contributed by atoms with Gasteiger partial charge >= 0.3 is 0 Å². The number of carbonyl (C=O) groups excluding carboxylic acids is 2. The lowest BCUT2D eigenvalue weighted by molar-refractivity contribution is -0.140. The largest absolute Gasteiger partial charge is 0.497 e. The van der Waals surface area contributed by atoms with Crippen LogP contribution in [0.5, 0.6) is 5.75 Å². The lowest BCUT2D eigenvalue weighted by Crippen LogP contribution is -2.50. The van der Waals surface area contributed by atoms with Gasteiger partial charge in [-0.05, 0) is 30.2 Å². The lowest BCUT2D eigenvalue weighted by Gasteiger charge is -2.33. The summed E-state index contributed by atoms with van der Waals surface area (Å²) >= 11 is 1.47. The molecule has 4 rings (SSSR count). The van der Waals surface area contributed by atoms with Gasteiger partial charge in [-0.15, -0.1) is 11.8 Å². The minimum absolute atomic E-state index is 0.0372. The first-order chi connectivity index (χ1) is 14.4. The molecule has 30 heavy (non-hydrogen) atoms. The molecule has 0 radical (unpaired) electrons. The molecular weight excluding hydrogens is 403 g/mol. The average molecular weight is 429 g/mol. The second kappa shape index (κ2) is 7.95. The fourth-order valence-electron chi connectivity index (χ4n) is 4.19. The predicted molar refractivity (Wildman–Crippen MR) is 116 cm³/mol. The molecule has 0 N–H and O–H groups in total. The molecule has 1 fully saturated rings. The van der Waals surface area contributed by atoms with Gasteiger partial charge in [0.2, 0.25) is 5.91 Å². The van der Waals surface area contributed by atoms with E-state index in [4.69, 9.17) is 4.74 Å². The van der Waals surface area contributed by atoms with E-state index in [1.807, 2.05) is 26.0 Å². The topological polar surface area (TPSA) is 49.9 Å². The number of halogens is 1. The molecule has 0 aliphatic carbocycles. The quantitative estimate of drug-likeness (QED) is 0.718. The molecule has 7 heteroatoms. The number of amides is 2. The van der Waals surface area contributed by atoms with E-state index in [0.29, 0.717) is 35.7 Å². The Kier molecular flexibility index (Phi) is 5.49. The molecular formula is C23H25FN2O3S. The molecule has 1 saturated heterocycles. The van der Waals surface area contributed by atoms with Crippen LogP contribution in [0.2, 0.25) is 0 Å². The molecule has 158 valence electrons. The van der Waals surface area contributed by atoms with Gasteiger partial charge in [0.1, 0.15) is 11.6 Å². The van der Waals surface area contributed by atoms with Crippen LogP contribution in [0.15, 0.2) is 42.5 Å². The number of anilines is 1. The molecule has 1 unspecified atom stereocenters. The van der Waals surface area contributed by atoms with Crippen LogP contribution < -0.4 is 9.64 Å². The highest BCUT2D eigenvalue weighted by Gasteiger charge is 2.59. The summed E-state index contributed by atoms with van der Waals surface area (Å²) in [7, 11) is 1.58. The van der Waals surface area contributed by atoms with Crippen LogP contribution in [0.3, 0.4) is 0 Å². The van der Waals surface area contributed by atoms with E-state index in [9.17, 15) is 14.0 Å². The Labute approximate surface area is 180 Å². The van der Waals surface area contributed by atoms with Gasteiger partial charge in [-0.3, -0.25) is 9.59 Å². The Bertz CT molecular complexity index is 996. The standard InChI is InChI=1S/C23H25FN2O3S/c1-15(2)12-21(27)26-10-11-30-23(26)18-13-17(29-3)8-9-20(18)25(22(23)28)14-16-6-4-5-7-19(16)24/h4-9,13,15H,10-12,14H2,1-3H3. The zero-order chi connectivity index (χ0) is 21.5. The third-order valence-corrected chi connectivity index (χ3v) is 6.99. The van der Waals surface area contributed by atoms with Gasteiger partial charge in [-0.25, -0.2) is 4.39 Å². The Hall–Kier alpha value is -2.54. The smallest absolute Gasteiger partial charge is 0.268 e. The van der Waals surface area contributed by atoms with Gasteiger partial charge in [0.25, 0.3) is 5.91 Å². The van der Waals surface area contributed by atoms with Gasteiger partial charge < -0.3 is 14.5 Å². The van der Waals surface area contributed by atoms with Gasteiger partial charge in [-0.1, -0.05) is 32.0 Å². The number of fused-ring (bicyclic) bond motifs is 2. The van der Waals surface area contributed by atoms with Crippen molar-refractivity contribution in [3.8, 4) is 5.75 Å². The summed E-state index contributed by atoms with van der Waals surface area (Å²) in [4.78, 5) is 29.1. The fourth-order valence-corrected chi connectivity index (χ4v) is 5.66. The maximum absolute atomic E-state index is 14.4. The Balaban J connectivity index is 1.81. The first kappa shape index (κ1) is 20.7. The van der Waals surface area contributed by atoms with E-state index in [1.165, 1.54) is 17.8 Å². The van der Waals surface area contributed by atoms with E-state index in [-0.39, 0.29) is 30.1 Å². The van der Waals surface area contributed by atoms with Crippen molar-refractivity contribution < 1.29 is 18.7 Å². The number of thioether (sulfide) groups is 1. The zero-order valence-corrected chi connectivity index (χ0v) is 18.2. The third kappa shape index (κ3) is 3.25. The summed E-state index contributed by atoms with van der Waals surface area (Å²) in [6, 6.07) is 11.9. The van der Waals surface area contributed by atoms with Crippen LogP contribution in [0.1, 0.15) is 31.4 Å². The van der Waals surface area contributed by atoms with Crippen LogP contribution in [-0.4, -0.2) is 36.1 Å². The van der Waals surface area contributed by atoms with Crippen LogP contribution in [0.4, 0.5) is 10.1 Å². The number of benzene rings is 2. The highest BCUT2D eigenvalue weighted by atomic mass is 32.2. The van der Waals surface area contributed by atoms with Gasteiger partial charge in [-0.2, -0.15) is 0 Å². The summed E-state index contributed by atoms with van der Waals surface area (Å²) in [5.41, 5.74) is 1.87. The minimum Gasteiger partial charge on any atom is -0.497 e. The predicted octanol–water partition coefficient (Wildman–Crippen LogP) is 4.16. The van der Waals surface area contributed by atoms with Crippen LogP contribution in [0, 0.1) is 11.7 Å². The first-order valence-corrected chi connectivity index (χ1v) is 11.1. The molecule has 0 aromatic heterocycles.